The minimum Gasteiger partial charge on any atom is -0.493 e. The van der Waals surface area contributed by atoms with Gasteiger partial charge in [-0.05, 0) is 42.3 Å². The second-order valence-corrected chi connectivity index (χ2v) is 6.14. The Hall–Kier alpha value is -2.42. The summed E-state index contributed by atoms with van der Waals surface area (Å²) in [5.41, 5.74) is 3.69. The van der Waals surface area contributed by atoms with Crippen LogP contribution in [0.25, 0.3) is 6.08 Å². The Morgan fingerprint density at radius 2 is 1.83 bits per heavy atom. The molecule has 1 aliphatic rings. The average Bonchev–Trinajstić information content (AvgIpc) is 2.91. The quantitative estimate of drug-likeness (QED) is 0.787. The van der Waals surface area contributed by atoms with E-state index in [-0.39, 0.29) is 6.10 Å². The molecule has 0 unspecified atom stereocenters. The molecule has 3 rings (SSSR count). The molecule has 2 atom stereocenters. The van der Waals surface area contributed by atoms with Crippen LogP contribution >= 0.6 is 0 Å². The van der Waals surface area contributed by atoms with E-state index in [1.165, 1.54) is 16.7 Å². The fraction of sp³-hybridized carbons (Fsp3) is 0.333. The highest BCUT2D eigenvalue weighted by atomic mass is 16.5. The van der Waals surface area contributed by atoms with Gasteiger partial charge in [0.25, 0.3) is 0 Å². The number of methoxy groups -OCH3 is 2. The van der Waals surface area contributed by atoms with Crippen LogP contribution in [0.15, 0.2) is 42.5 Å². The Balaban J connectivity index is 1.80. The number of hydrogen-bond donors (Lipinski definition) is 0. The van der Waals surface area contributed by atoms with Crippen molar-refractivity contribution >= 4 is 6.08 Å². The Bertz CT molecular complexity index is 749. The predicted molar refractivity (Wildman–Crippen MR) is 97.2 cm³/mol. The summed E-state index contributed by atoms with van der Waals surface area (Å²) in [6.07, 6.45) is 5.16. The topological polar surface area (TPSA) is 27.7 Å². The van der Waals surface area contributed by atoms with E-state index >= 15 is 0 Å². The van der Waals surface area contributed by atoms with Gasteiger partial charge < -0.3 is 14.2 Å². The molecule has 126 valence electrons. The highest BCUT2D eigenvalue weighted by Crippen LogP contribution is 2.40. The SMILES string of the molecule is C/C=C/c1ccc2c(c1)[C@@H](C)[C@H](Cc1ccc(OC)c(OC)c1)O2. The van der Waals surface area contributed by atoms with E-state index in [9.17, 15) is 0 Å². The molecule has 24 heavy (non-hydrogen) atoms. The van der Waals surface area contributed by atoms with E-state index in [0.29, 0.717) is 5.92 Å². The van der Waals surface area contributed by atoms with Gasteiger partial charge in [0.05, 0.1) is 14.2 Å². The van der Waals surface area contributed by atoms with Crippen molar-refractivity contribution in [3.05, 3.63) is 59.2 Å². The van der Waals surface area contributed by atoms with Gasteiger partial charge in [-0.2, -0.15) is 0 Å². The maximum absolute atomic E-state index is 6.19. The largest absolute Gasteiger partial charge is 0.493 e. The molecule has 3 heteroatoms. The first-order chi connectivity index (χ1) is 11.7. The third-order valence-electron chi connectivity index (χ3n) is 4.60. The minimum absolute atomic E-state index is 0.138. The zero-order valence-corrected chi connectivity index (χ0v) is 14.7. The van der Waals surface area contributed by atoms with E-state index in [0.717, 1.165) is 23.7 Å². The van der Waals surface area contributed by atoms with Crippen LogP contribution < -0.4 is 14.2 Å². The van der Waals surface area contributed by atoms with Gasteiger partial charge in [-0.25, -0.2) is 0 Å². The number of allylic oxidation sites excluding steroid dienone is 1. The summed E-state index contributed by atoms with van der Waals surface area (Å²) in [7, 11) is 3.31. The molecule has 0 radical (unpaired) electrons. The lowest BCUT2D eigenvalue weighted by molar-refractivity contribution is 0.211. The molecule has 0 saturated heterocycles. The number of hydrogen-bond acceptors (Lipinski definition) is 3. The van der Waals surface area contributed by atoms with Crippen LogP contribution in [0.2, 0.25) is 0 Å². The van der Waals surface area contributed by atoms with Crippen molar-refractivity contribution in [2.75, 3.05) is 14.2 Å². The monoisotopic (exact) mass is 324 g/mol. The first kappa shape index (κ1) is 16.4. The molecule has 2 aromatic carbocycles. The first-order valence-electron chi connectivity index (χ1n) is 8.30. The second-order valence-electron chi connectivity index (χ2n) is 6.14. The van der Waals surface area contributed by atoms with Crippen molar-refractivity contribution in [2.24, 2.45) is 0 Å². The maximum atomic E-state index is 6.19. The van der Waals surface area contributed by atoms with Gasteiger partial charge in [-0.1, -0.05) is 31.2 Å². The van der Waals surface area contributed by atoms with Crippen molar-refractivity contribution in [1.82, 2.24) is 0 Å². The number of benzene rings is 2. The highest BCUT2D eigenvalue weighted by molar-refractivity contribution is 5.55. The molecule has 0 N–H and O–H groups in total. The smallest absolute Gasteiger partial charge is 0.160 e. The fourth-order valence-corrected chi connectivity index (χ4v) is 3.25. The molecule has 2 aromatic rings. The molecular formula is C21H24O3. The van der Waals surface area contributed by atoms with Crippen molar-refractivity contribution in [3.63, 3.8) is 0 Å². The maximum Gasteiger partial charge on any atom is 0.160 e. The van der Waals surface area contributed by atoms with Crippen LogP contribution in [0.4, 0.5) is 0 Å². The molecular weight excluding hydrogens is 300 g/mol. The molecule has 0 fully saturated rings. The molecule has 1 aliphatic heterocycles. The molecule has 0 aromatic heterocycles. The van der Waals surface area contributed by atoms with Gasteiger partial charge in [0.15, 0.2) is 11.5 Å². The van der Waals surface area contributed by atoms with E-state index in [1.807, 2.05) is 19.1 Å². The van der Waals surface area contributed by atoms with Crippen LogP contribution in [0.5, 0.6) is 17.2 Å². The normalized spacial score (nSPS) is 19.2. The van der Waals surface area contributed by atoms with E-state index in [2.05, 4.69) is 43.3 Å². The molecule has 0 bridgehead atoms. The molecule has 0 saturated carbocycles. The van der Waals surface area contributed by atoms with Crippen molar-refractivity contribution in [2.45, 2.75) is 32.3 Å². The molecule has 0 amide bonds. The summed E-state index contributed by atoms with van der Waals surface area (Å²) in [5.74, 6) is 2.87. The number of rotatable bonds is 5. The molecule has 0 spiro atoms. The zero-order chi connectivity index (χ0) is 17.1. The summed E-state index contributed by atoms with van der Waals surface area (Å²) in [4.78, 5) is 0. The molecule has 3 nitrogen and oxygen atoms in total. The third kappa shape index (κ3) is 3.12. The highest BCUT2D eigenvalue weighted by Gasteiger charge is 2.31. The van der Waals surface area contributed by atoms with Gasteiger partial charge in [-0.3, -0.25) is 0 Å². The van der Waals surface area contributed by atoms with Crippen molar-refractivity contribution in [1.29, 1.82) is 0 Å². The summed E-state index contributed by atoms with van der Waals surface area (Å²) < 4.78 is 16.9. The zero-order valence-electron chi connectivity index (χ0n) is 14.7. The number of fused-ring (bicyclic) bond motifs is 1. The van der Waals surface area contributed by atoms with Gasteiger partial charge in [0.1, 0.15) is 11.9 Å². The third-order valence-corrected chi connectivity index (χ3v) is 4.60. The van der Waals surface area contributed by atoms with E-state index in [4.69, 9.17) is 14.2 Å². The van der Waals surface area contributed by atoms with E-state index in [1.54, 1.807) is 14.2 Å². The summed E-state index contributed by atoms with van der Waals surface area (Å²) in [6, 6.07) is 12.5. The fourth-order valence-electron chi connectivity index (χ4n) is 3.25. The Morgan fingerprint density at radius 3 is 2.54 bits per heavy atom. The lowest BCUT2D eigenvalue weighted by Gasteiger charge is -2.16. The standard InChI is InChI=1S/C21H24O3/c1-5-6-15-7-9-18-17(11-15)14(2)20(24-18)12-16-8-10-19(22-3)21(13-16)23-4/h5-11,13-14,20H,12H2,1-4H3/b6-5+/t14-,20+/m1/s1. The summed E-state index contributed by atoms with van der Waals surface area (Å²) in [5, 5.41) is 0. The molecule has 0 aliphatic carbocycles. The van der Waals surface area contributed by atoms with Crippen molar-refractivity contribution < 1.29 is 14.2 Å². The predicted octanol–water partition coefficient (Wildman–Crippen LogP) is 4.84. The minimum atomic E-state index is 0.138. The van der Waals surface area contributed by atoms with Gasteiger partial charge in [-0.15, -0.1) is 0 Å². The Morgan fingerprint density at radius 1 is 1.04 bits per heavy atom. The van der Waals surface area contributed by atoms with E-state index < -0.39 is 0 Å². The van der Waals surface area contributed by atoms with Crippen LogP contribution in [0, 0.1) is 0 Å². The lowest BCUT2D eigenvalue weighted by atomic mass is 9.92. The van der Waals surface area contributed by atoms with Crippen LogP contribution in [0.1, 0.15) is 36.5 Å². The lowest BCUT2D eigenvalue weighted by Crippen LogP contribution is -2.19. The molecule has 1 heterocycles. The Kier molecular flexibility index (Phi) is 4.79. The van der Waals surface area contributed by atoms with Crippen LogP contribution in [0.3, 0.4) is 0 Å². The number of ether oxygens (including phenoxy) is 3. The Labute approximate surface area is 143 Å². The first-order valence-corrected chi connectivity index (χ1v) is 8.30. The second kappa shape index (κ2) is 7.00. The summed E-state index contributed by atoms with van der Waals surface area (Å²) in [6.45, 7) is 4.27. The van der Waals surface area contributed by atoms with Crippen molar-refractivity contribution in [3.8, 4) is 17.2 Å². The van der Waals surface area contributed by atoms with Gasteiger partial charge in [0, 0.05) is 17.9 Å². The summed E-state index contributed by atoms with van der Waals surface area (Å²) >= 11 is 0. The van der Waals surface area contributed by atoms with Gasteiger partial charge >= 0.3 is 0 Å². The van der Waals surface area contributed by atoms with Crippen LogP contribution in [-0.4, -0.2) is 20.3 Å². The average molecular weight is 324 g/mol. The van der Waals surface area contributed by atoms with Gasteiger partial charge in [0.2, 0.25) is 0 Å². The van der Waals surface area contributed by atoms with Crippen LogP contribution in [-0.2, 0) is 6.42 Å².